The van der Waals surface area contributed by atoms with Gasteiger partial charge in [0.25, 0.3) is 5.56 Å². The summed E-state index contributed by atoms with van der Waals surface area (Å²) in [5, 5.41) is 5.92. The minimum absolute atomic E-state index is 0.392. The summed E-state index contributed by atoms with van der Waals surface area (Å²) in [5.41, 5.74) is -0.668. The van der Waals surface area contributed by atoms with E-state index in [4.69, 9.17) is 0 Å². The number of alkyl halides is 3. The van der Waals surface area contributed by atoms with Crippen LogP contribution in [0, 0.1) is 0 Å². The summed E-state index contributed by atoms with van der Waals surface area (Å²) in [5.74, 6) is -0.527. The largest absolute Gasteiger partial charge is 0.435 e. The Hall–Kier alpha value is -2.12. The summed E-state index contributed by atoms with van der Waals surface area (Å²) >= 11 is 0. The smallest absolute Gasteiger partial charge is 0.354 e. The molecular formula is C16H20F3N3O2. The van der Waals surface area contributed by atoms with Gasteiger partial charge in [0.15, 0.2) is 5.69 Å². The van der Waals surface area contributed by atoms with Crippen LogP contribution in [0.5, 0.6) is 0 Å². The van der Waals surface area contributed by atoms with Gasteiger partial charge in [0.1, 0.15) is 6.04 Å². The summed E-state index contributed by atoms with van der Waals surface area (Å²) in [4.78, 5) is 23.8. The maximum absolute atomic E-state index is 12.7. The Labute approximate surface area is 137 Å². The molecule has 1 atom stereocenters. The van der Waals surface area contributed by atoms with E-state index in [1.165, 1.54) is 18.9 Å². The quantitative estimate of drug-likeness (QED) is 0.836. The van der Waals surface area contributed by atoms with Crippen molar-refractivity contribution in [2.45, 2.75) is 51.2 Å². The van der Waals surface area contributed by atoms with Crippen LogP contribution >= 0.6 is 0 Å². The van der Waals surface area contributed by atoms with E-state index in [0.29, 0.717) is 23.7 Å². The van der Waals surface area contributed by atoms with Crippen LogP contribution in [0.25, 0.3) is 0 Å². The molecule has 8 heteroatoms. The lowest BCUT2D eigenvalue weighted by molar-refractivity contribution is -0.143. The van der Waals surface area contributed by atoms with Crippen molar-refractivity contribution in [3.63, 3.8) is 0 Å². The van der Waals surface area contributed by atoms with Crippen molar-refractivity contribution >= 4 is 5.91 Å². The van der Waals surface area contributed by atoms with Crippen molar-refractivity contribution in [1.82, 2.24) is 15.1 Å². The maximum atomic E-state index is 12.7. The molecule has 132 valence electrons. The molecule has 1 heterocycles. The van der Waals surface area contributed by atoms with Gasteiger partial charge in [0.05, 0.1) is 0 Å². The van der Waals surface area contributed by atoms with E-state index in [2.05, 4.69) is 16.5 Å². The second kappa shape index (κ2) is 7.63. The molecule has 1 aromatic heterocycles. The third kappa shape index (κ3) is 4.69. The average molecular weight is 343 g/mol. The molecule has 0 radical (unpaired) electrons. The van der Waals surface area contributed by atoms with Gasteiger partial charge in [-0.25, -0.2) is 4.68 Å². The highest BCUT2D eigenvalue weighted by molar-refractivity contribution is 5.79. The first-order chi connectivity index (χ1) is 11.3. The molecule has 5 nitrogen and oxygen atoms in total. The van der Waals surface area contributed by atoms with Gasteiger partial charge in [0.2, 0.25) is 5.91 Å². The van der Waals surface area contributed by atoms with Crippen LogP contribution < -0.4 is 10.9 Å². The molecule has 0 saturated carbocycles. The summed E-state index contributed by atoms with van der Waals surface area (Å²) in [6, 6.07) is 0.269. The number of allylic oxidation sites excluding steroid dienone is 1. The highest BCUT2D eigenvalue weighted by Gasteiger charge is 2.34. The molecule has 0 bridgehead atoms. The molecule has 0 aliphatic heterocycles. The number of carbonyl (C=O) groups is 1. The number of amides is 1. The summed E-state index contributed by atoms with van der Waals surface area (Å²) in [6.45, 7) is 1.74. The third-order valence-corrected chi connectivity index (χ3v) is 3.99. The topological polar surface area (TPSA) is 64.0 Å². The molecule has 24 heavy (non-hydrogen) atoms. The normalized spacial score (nSPS) is 16.4. The molecular weight excluding hydrogens is 323 g/mol. The third-order valence-electron chi connectivity index (χ3n) is 3.99. The number of nitrogens with one attached hydrogen (secondary N) is 1. The Kier molecular flexibility index (Phi) is 5.80. The zero-order chi connectivity index (χ0) is 17.7. The van der Waals surface area contributed by atoms with Gasteiger partial charge >= 0.3 is 6.18 Å². The van der Waals surface area contributed by atoms with Crippen molar-refractivity contribution in [3.8, 4) is 0 Å². The number of nitrogens with zero attached hydrogens (tertiary/aromatic N) is 2. The van der Waals surface area contributed by atoms with Crippen LogP contribution in [-0.4, -0.2) is 22.2 Å². The van der Waals surface area contributed by atoms with Crippen molar-refractivity contribution in [1.29, 1.82) is 0 Å². The zero-order valence-corrected chi connectivity index (χ0v) is 13.4. The standard InChI is InChI=1S/C16H20F3N3O2/c1-11(15(24)20-10-9-12-5-3-2-4-6-12)22-14(23)8-7-13(21-22)16(17,18)19/h5,7-8,11H,2-4,6,9-10H2,1H3,(H,20,24). The highest BCUT2D eigenvalue weighted by Crippen LogP contribution is 2.26. The van der Waals surface area contributed by atoms with Crippen LogP contribution in [0.2, 0.25) is 0 Å². The zero-order valence-electron chi connectivity index (χ0n) is 13.4. The molecule has 0 fully saturated rings. The number of rotatable bonds is 5. The van der Waals surface area contributed by atoms with Gasteiger partial charge in [-0.05, 0) is 45.1 Å². The van der Waals surface area contributed by atoms with Crippen molar-refractivity contribution in [3.05, 3.63) is 39.8 Å². The molecule has 0 aromatic carbocycles. The minimum atomic E-state index is -4.67. The Balaban J connectivity index is 1.99. The fraction of sp³-hybridized carbons (Fsp3) is 0.562. The first-order valence-corrected chi connectivity index (χ1v) is 7.91. The van der Waals surface area contributed by atoms with E-state index in [9.17, 15) is 22.8 Å². The van der Waals surface area contributed by atoms with E-state index < -0.39 is 29.4 Å². The first kappa shape index (κ1) is 18.2. The maximum Gasteiger partial charge on any atom is 0.435 e. The van der Waals surface area contributed by atoms with Crippen molar-refractivity contribution in [2.75, 3.05) is 6.54 Å². The van der Waals surface area contributed by atoms with Crippen LogP contribution in [0.4, 0.5) is 13.2 Å². The van der Waals surface area contributed by atoms with E-state index >= 15 is 0 Å². The SMILES string of the molecule is CC(C(=O)NCCC1=CCCCC1)n1nc(C(F)(F)F)ccc1=O. The van der Waals surface area contributed by atoms with Gasteiger partial charge in [0, 0.05) is 12.6 Å². The van der Waals surface area contributed by atoms with E-state index in [0.717, 1.165) is 25.3 Å². The number of hydrogen-bond acceptors (Lipinski definition) is 3. The molecule has 1 N–H and O–H groups in total. The second-order valence-corrected chi connectivity index (χ2v) is 5.82. The van der Waals surface area contributed by atoms with Gasteiger partial charge in [-0.3, -0.25) is 9.59 Å². The molecule has 1 aliphatic carbocycles. The average Bonchev–Trinajstić information content (AvgIpc) is 2.54. The molecule has 1 aromatic rings. The second-order valence-electron chi connectivity index (χ2n) is 5.82. The van der Waals surface area contributed by atoms with E-state index in [1.54, 1.807) is 0 Å². The van der Waals surface area contributed by atoms with Crippen LogP contribution in [0.1, 0.15) is 50.8 Å². The van der Waals surface area contributed by atoms with Crippen LogP contribution in [0.15, 0.2) is 28.6 Å². The molecule has 1 amide bonds. The predicted molar refractivity (Wildman–Crippen MR) is 82.4 cm³/mol. The lowest BCUT2D eigenvalue weighted by Gasteiger charge is -2.17. The monoisotopic (exact) mass is 343 g/mol. The highest BCUT2D eigenvalue weighted by atomic mass is 19.4. The van der Waals surface area contributed by atoms with Gasteiger partial charge < -0.3 is 5.32 Å². The summed E-state index contributed by atoms with van der Waals surface area (Å²) < 4.78 is 38.6. The molecule has 0 spiro atoms. The van der Waals surface area contributed by atoms with Crippen LogP contribution in [-0.2, 0) is 11.0 Å². The summed E-state index contributed by atoms with van der Waals surface area (Å²) in [6.07, 6.45) is 2.58. The number of hydrogen-bond donors (Lipinski definition) is 1. The predicted octanol–water partition coefficient (Wildman–Crippen LogP) is 2.83. The lowest BCUT2D eigenvalue weighted by atomic mass is 9.97. The first-order valence-electron chi connectivity index (χ1n) is 7.91. The number of aromatic nitrogens is 2. The Morgan fingerprint density at radius 3 is 2.75 bits per heavy atom. The molecule has 0 saturated heterocycles. The Morgan fingerprint density at radius 1 is 1.38 bits per heavy atom. The van der Waals surface area contributed by atoms with Crippen molar-refractivity contribution in [2.24, 2.45) is 0 Å². The van der Waals surface area contributed by atoms with Gasteiger partial charge in [-0.15, -0.1) is 0 Å². The number of halogens is 3. The molecule has 2 rings (SSSR count). The fourth-order valence-corrected chi connectivity index (χ4v) is 2.59. The van der Waals surface area contributed by atoms with Crippen LogP contribution in [0.3, 0.4) is 0 Å². The Bertz CT molecular complexity index is 680. The van der Waals surface area contributed by atoms with Gasteiger partial charge in [-0.2, -0.15) is 18.3 Å². The van der Waals surface area contributed by atoms with Gasteiger partial charge in [-0.1, -0.05) is 11.6 Å². The van der Waals surface area contributed by atoms with E-state index in [1.807, 2.05) is 0 Å². The Morgan fingerprint density at radius 2 is 2.12 bits per heavy atom. The number of carbonyl (C=O) groups excluding carboxylic acids is 1. The lowest BCUT2D eigenvalue weighted by Crippen LogP contribution is -2.38. The molecule has 1 aliphatic rings. The van der Waals surface area contributed by atoms with Crippen molar-refractivity contribution < 1.29 is 18.0 Å². The van der Waals surface area contributed by atoms with E-state index in [-0.39, 0.29) is 0 Å². The summed E-state index contributed by atoms with van der Waals surface area (Å²) in [7, 11) is 0. The minimum Gasteiger partial charge on any atom is -0.354 e. The molecule has 1 unspecified atom stereocenters. The fourth-order valence-electron chi connectivity index (χ4n) is 2.59.